The molecule has 6 heteroatoms. The smallest absolute Gasteiger partial charge is 0.240 e. The molecule has 0 unspecified atom stereocenters. The van der Waals surface area contributed by atoms with Gasteiger partial charge in [-0.3, -0.25) is 0 Å². The van der Waals surface area contributed by atoms with E-state index in [1.807, 2.05) is 6.92 Å². The lowest BCUT2D eigenvalue weighted by Crippen LogP contribution is -2.27. The predicted octanol–water partition coefficient (Wildman–Crippen LogP) is 1.18. The summed E-state index contributed by atoms with van der Waals surface area (Å²) in [5, 5.41) is 0. The average molecular weight is 273 g/mol. The highest BCUT2D eigenvalue weighted by Crippen LogP contribution is 2.22. The molecule has 0 amide bonds. The van der Waals surface area contributed by atoms with E-state index >= 15 is 0 Å². The fourth-order valence-corrected chi connectivity index (χ4v) is 2.62. The summed E-state index contributed by atoms with van der Waals surface area (Å²) in [4.78, 5) is 0.247. The molecule has 0 aliphatic rings. The summed E-state index contributed by atoms with van der Waals surface area (Å²) in [6.07, 6.45) is 0.713. The molecule has 1 rings (SSSR count). The zero-order chi connectivity index (χ0) is 13.6. The number of nitrogens with one attached hydrogen (secondary N) is 1. The number of aryl methyl sites for hydroxylation is 1. The van der Waals surface area contributed by atoms with Crippen LogP contribution in [0.2, 0.25) is 0 Å². The molecule has 0 saturated heterocycles. The van der Waals surface area contributed by atoms with Gasteiger partial charge in [-0.2, -0.15) is 0 Å². The van der Waals surface area contributed by atoms with Gasteiger partial charge in [0.05, 0.1) is 18.6 Å². The maximum absolute atomic E-state index is 12.0. The van der Waals surface area contributed by atoms with Gasteiger partial charge in [-0.15, -0.1) is 0 Å². The molecule has 0 aromatic heterocycles. The van der Waals surface area contributed by atoms with Gasteiger partial charge in [-0.25, -0.2) is 13.1 Å². The number of ether oxygens (including phenoxy) is 2. The van der Waals surface area contributed by atoms with Crippen molar-refractivity contribution in [2.75, 3.05) is 27.4 Å². The molecular formula is C12H19NO4S. The fourth-order valence-electron chi connectivity index (χ4n) is 1.56. The summed E-state index contributed by atoms with van der Waals surface area (Å²) >= 11 is 0. The van der Waals surface area contributed by atoms with Crippen LogP contribution in [0.1, 0.15) is 12.5 Å². The summed E-state index contributed by atoms with van der Waals surface area (Å²) in [5.74, 6) is 0.702. The summed E-state index contributed by atoms with van der Waals surface area (Å²) in [6, 6.07) is 4.84. The minimum Gasteiger partial charge on any atom is -0.496 e. The second-order valence-electron chi connectivity index (χ2n) is 3.72. The molecule has 0 heterocycles. The highest BCUT2D eigenvalue weighted by Gasteiger charge is 2.15. The predicted molar refractivity (Wildman–Crippen MR) is 69.4 cm³/mol. The molecular weight excluding hydrogens is 254 g/mol. The van der Waals surface area contributed by atoms with Crippen molar-refractivity contribution < 1.29 is 17.9 Å². The Kier molecular flexibility index (Phi) is 5.58. The lowest BCUT2D eigenvalue weighted by atomic mass is 10.1. The standard InChI is InChI=1S/C12H19NO4S/c1-4-10-9-11(5-6-12(10)17-3)18(14,15)13-7-8-16-2/h5-6,9,13H,4,7-8H2,1-3H3. The molecule has 102 valence electrons. The van der Waals surface area contributed by atoms with Crippen molar-refractivity contribution in [3.8, 4) is 5.75 Å². The number of hydrogen-bond acceptors (Lipinski definition) is 4. The SMILES string of the molecule is CCc1cc(S(=O)(=O)NCCOC)ccc1OC. The first kappa shape index (κ1) is 14.9. The maximum atomic E-state index is 12.0. The minimum atomic E-state index is -3.48. The molecule has 0 saturated carbocycles. The van der Waals surface area contributed by atoms with E-state index in [-0.39, 0.29) is 11.4 Å². The van der Waals surface area contributed by atoms with Crippen LogP contribution in [0.15, 0.2) is 23.1 Å². The van der Waals surface area contributed by atoms with E-state index in [9.17, 15) is 8.42 Å². The van der Waals surface area contributed by atoms with Crippen LogP contribution in [-0.4, -0.2) is 35.8 Å². The Hall–Kier alpha value is -1.11. The summed E-state index contributed by atoms with van der Waals surface area (Å²) < 4.78 is 36.4. The van der Waals surface area contributed by atoms with Crippen molar-refractivity contribution in [1.82, 2.24) is 4.72 Å². The molecule has 0 aliphatic carbocycles. The van der Waals surface area contributed by atoms with Gasteiger partial charge in [0.2, 0.25) is 10.0 Å². The monoisotopic (exact) mass is 273 g/mol. The molecule has 0 radical (unpaired) electrons. The van der Waals surface area contributed by atoms with Crippen LogP contribution < -0.4 is 9.46 Å². The van der Waals surface area contributed by atoms with E-state index < -0.39 is 10.0 Å². The van der Waals surface area contributed by atoms with E-state index in [0.29, 0.717) is 18.8 Å². The Balaban J connectivity index is 2.95. The molecule has 5 nitrogen and oxygen atoms in total. The van der Waals surface area contributed by atoms with E-state index in [2.05, 4.69) is 4.72 Å². The largest absolute Gasteiger partial charge is 0.496 e. The van der Waals surface area contributed by atoms with Crippen LogP contribution in [0.5, 0.6) is 5.75 Å². The molecule has 0 spiro atoms. The van der Waals surface area contributed by atoms with Crippen molar-refractivity contribution in [3.05, 3.63) is 23.8 Å². The van der Waals surface area contributed by atoms with Crippen molar-refractivity contribution >= 4 is 10.0 Å². The van der Waals surface area contributed by atoms with Gasteiger partial charge in [0, 0.05) is 13.7 Å². The Morgan fingerprint density at radius 3 is 2.56 bits per heavy atom. The lowest BCUT2D eigenvalue weighted by molar-refractivity contribution is 0.204. The van der Waals surface area contributed by atoms with Gasteiger partial charge in [0.25, 0.3) is 0 Å². The number of sulfonamides is 1. The molecule has 0 bridgehead atoms. The molecule has 1 N–H and O–H groups in total. The summed E-state index contributed by atoms with van der Waals surface area (Å²) in [5.41, 5.74) is 0.868. The molecule has 0 fully saturated rings. The lowest BCUT2D eigenvalue weighted by Gasteiger charge is -2.10. The third kappa shape index (κ3) is 3.69. The van der Waals surface area contributed by atoms with E-state index in [4.69, 9.17) is 9.47 Å². The quantitative estimate of drug-likeness (QED) is 0.758. The average Bonchev–Trinajstić information content (AvgIpc) is 2.38. The Bertz CT molecular complexity index is 485. The number of methoxy groups -OCH3 is 2. The fraction of sp³-hybridized carbons (Fsp3) is 0.500. The van der Waals surface area contributed by atoms with Gasteiger partial charge in [-0.1, -0.05) is 6.92 Å². The number of hydrogen-bond donors (Lipinski definition) is 1. The molecule has 1 aromatic rings. The van der Waals surface area contributed by atoms with Gasteiger partial charge < -0.3 is 9.47 Å². The van der Waals surface area contributed by atoms with Gasteiger partial charge in [0.1, 0.15) is 5.75 Å². The van der Waals surface area contributed by atoms with Crippen LogP contribution in [0.3, 0.4) is 0 Å². The van der Waals surface area contributed by atoms with Gasteiger partial charge in [0.15, 0.2) is 0 Å². The van der Waals surface area contributed by atoms with Crippen molar-refractivity contribution in [2.24, 2.45) is 0 Å². The number of benzene rings is 1. The first-order chi connectivity index (χ1) is 8.55. The summed E-state index contributed by atoms with van der Waals surface area (Å²) in [6.45, 7) is 2.55. The van der Waals surface area contributed by atoms with E-state index in [1.165, 1.54) is 13.2 Å². The van der Waals surface area contributed by atoms with Crippen molar-refractivity contribution in [1.29, 1.82) is 0 Å². The number of rotatable bonds is 7. The van der Waals surface area contributed by atoms with Gasteiger partial charge >= 0.3 is 0 Å². The van der Waals surface area contributed by atoms with E-state index in [0.717, 1.165) is 5.56 Å². The Morgan fingerprint density at radius 2 is 2.00 bits per heavy atom. The van der Waals surface area contributed by atoms with E-state index in [1.54, 1.807) is 19.2 Å². The third-order valence-corrected chi connectivity index (χ3v) is 4.00. The third-order valence-electron chi connectivity index (χ3n) is 2.54. The van der Waals surface area contributed by atoms with Crippen LogP contribution >= 0.6 is 0 Å². The van der Waals surface area contributed by atoms with Crippen LogP contribution in [0.4, 0.5) is 0 Å². The Labute approximate surface area is 108 Å². The second kappa shape index (κ2) is 6.72. The highest BCUT2D eigenvalue weighted by molar-refractivity contribution is 7.89. The van der Waals surface area contributed by atoms with Crippen molar-refractivity contribution in [3.63, 3.8) is 0 Å². The van der Waals surface area contributed by atoms with Crippen LogP contribution in [-0.2, 0) is 21.2 Å². The zero-order valence-electron chi connectivity index (χ0n) is 10.9. The Morgan fingerprint density at radius 1 is 1.28 bits per heavy atom. The molecule has 0 atom stereocenters. The molecule has 1 aromatic carbocycles. The first-order valence-corrected chi connectivity index (χ1v) is 7.19. The molecule has 18 heavy (non-hydrogen) atoms. The highest BCUT2D eigenvalue weighted by atomic mass is 32.2. The first-order valence-electron chi connectivity index (χ1n) is 5.70. The minimum absolute atomic E-state index is 0.247. The van der Waals surface area contributed by atoms with Crippen molar-refractivity contribution in [2.45, 2.75) is 18.2 Å². The zero-order valence-corrected chi connectivity index (χ0v) is 11.7. The maximum Gasteiger partial charge on any atom is 0.240 e. The topological polar surface area (TPSA) is 64.6 Å². The van der Waals surface area contributed by atoms with Crippen LogP contribution in [0.25, 0.3) is 0 Å². The van der Waals surface area contributed by atoms with Crippen LogP contribution in [0, 0.1) is 0 Å². The second-order valence-corrected chi connectivity index (χ2v) is 5.48. The summed E-state index contributed by atoms with van der Waals surface area (Å²) in [7, 11) is -0.382. The van der Waals surface area contributed by atoms with Gasteiger partial charge in [-0.05, 0) is 30.2 Å². The molecule has 0 aliphatic heterocycles. The normalized spacial score (nSPS) is 11.5.